The number of hydrogen-bond donors (Lipinski definition) is 0. The van der Waals surface area contributed by atoms with Gasteiger partial charge in [-0.3, -0.25) is 0 Å². The van der Waals surface area contributed by atoms with E-state index in [0.717, 1.165) is 15.2 Å². The second-order valence-corrected chi connectivity index (χ2v) is 29.9. The summed E-state index contributed by atoms with van der Waals surface area (Å²) in [5.74, 6) is 1.06. The van der Waals surface area contributed by atoms with Crippen LogP contribution in [0.5, 0.6) is 5.75 Å². The number of hydrogen-bond acceptors (Lipinski definition) is 1. The molecule has 3 aromatic rings. The van der Waals surface area contributed by atoms with E-state index in [4.69, 9.17) is 3.32 Å². The first-order valence-corrected chi connectivity index (χ1v) is 22.3. The summed E-state index contributed by atoms with van der Waals surface area (Å²) in [7, 11) is 2.31. The molecular weight excluding hydrogens is 583 g/mol. The third-order valence-corrected chi connectivity index (χ3v) is 26.2. The molecule has 1 atom stereocenters. The monoisotopic (exact) mass is 626 g/mol. The van der Waals surface area contributed by atoms with Crippen LogP contribution in [-0.2, 0) is 14.4 Å². The van der Waals surface area contributed by atoms with E-state index >= 15 is 0 Å². The minimum atomic E-state index is -3.73. The molecule has 0 saturated heterocycles. The summed E-state index contributed by atoms with van der Waals surface area (Å²) in [6.45, 7) is 14.6. The molecule has 3 aliphatic rings. The van der Waals surface area contributed by atoms with Crippen molar-refractivity contribution in [1.29, 1.82) is 0 Å². The summed E-state index contributed by atoms with van der Waals surface area (Å²) in [6, 6.07) is 24.6. The van der Waals surface area contributed by atoms with Crippen LogP contribution in [0.15, 0.2) is 89.5 Å². The zero-order valence-electron chi connectivity index (χ0n) is 24.8. The van der Waals surface area contributed by atoms with Crippen molar-refractivity contribution < 1.29 is 17.7 Å². The van der Waals surface area contributed by atoms with Crippen LogP contribution in [0.25, 0.3) is 22.4 Å². The molecule has 3 aliphatic carbocycles. The third kappa shape index (κ3) is 4.82. The molecule has 0 aliphatic heterocycles. The molecule has 0 amide bonds. The maximum absolute atomic E-state index is 7.63. The smallest absolute Gasteiger partial charge is 0.147 e. The fourth-order valence-electron chi connectivity index (χ4n) is 7.69. The van der Waals surface area contributed by atoms with Crippen LogP contribution >= 0.6 is 24.8 Å². The largest absolute Gasteiger partial charge is 0.147 e. The Bertz CT molecular complexity index is 1740. The molecule has 0 bridgehead atoms. The van der Waals surface area contributed by atoms with E-state index in [2.05, 4.69) is 128 Å². The summed E-state index contributed by atoms with van der Waals surface area (Å²) in [5, 5.41) is 5.37. The predicted molar refractivity (Wildman–Crippen MR) is 178 cm³/mol. The molecule has 40 heavy (non-hydrogen) atoms. The van der Waals surface area contributed by atoms with E-state index in [-0.39, 0.29) is 35.6 Å². The molecule has 3 aromatic carbocycles. The molecule has 0 N–H and O–H groups in total. The first-order chi connectivity index (χ1) is 18.0. The van der Waals surface area contributed by atoms with E-state index in [1.165, 1.54) is 34.1 Å². The van der Waals surface area contributed by atoms with Gasteiger partial charge in [0.25, 0.3) is 0 Å². The molecule has 0 fully saturated rings. The van der Waals surface area contributed by atoms with E-state index in [0.29, 0.717) is 4.22 Å². The molecule has 0 heterocycles. The van der Waals surface area contributed by atoms with Crippen LogP contribution < -0.4 is 13.8 Å². The van der Waals surface area contributed by atoms with Gasteiger partial charge in [0.05, 0.1) is 0 Å². The van der Waals surface area contributed by atoms with Crippen molar-refractivity contribution in [2.24, 2.45) is 10.8 Å². The maximum atomic E-state index is 7.63. The zero-order chi connectivity index (χ0) is 26.9. The van der Waals surface area contributed by atoms with Gasteiger partial charge in [-0.15, -0.1) is 24.8 Å². The molecule has 0 aromatic heterocycles. The topological polar surface area (TPSA) is 9.23 Å². The standard InChI is InChI=1S/C21H23.C10H8O.2C2H5.2ClH.H2Si.Ti/c1-20(2)10-9-17-15(12-20)11-18-16-8-6-5-7-14(16)13-21(3,4)19(17)18;11-10-6-5-8-3-1-2-4-9(8)7-10;2*1-2;;;;/h5-8,11-13H,9-10H2,1-4H3;1-7,11H;2*1H2,2H3;2*1H;1H2;/q;;;;;;;+1/p-1. The predicted octanol–water partition coefficient (Wildman–Crippen LogP) is 8.61. The van der Waals surface area contributed by atoms with Crippen molar-refractivity contribution in [3.8, 4) is 5.75 Å². The first-order valence-electron chi connectivity index (χ1n) is 14.5. The second-order valence-electron chi connectivity index (χ2n) is 13.5. The Morgan fingerprint density at radius 2 is 1.50 bits per heavy atom. The third-order valence-electron chi connectivity index (χ3n) is 10.0. The van der Waals surface area contributed by atoms with Crippen molar-refractivity contribution in [3.63, 3.8) is 0 Å². The van der Waals surface area contributed by atoms with Crippen LogP contribution in [0, 0.1) is 10.8 Å². The average molecular weight is 628 g/mol. The molecule has 5 heteroatoms. The van der Waals surface area contributed by atoms with E-state index in [9.17, 15) is 0 Å². The van der Waals surface area contributed by atoms with Crippen molar-refractivity contribution in [3.05, 3.63) is 100.0 Å². The van der Waals surface area contributed by atoms with Crippen LogP contribution in [0.4, 0.5) is 0 Å². The summed E-state index contributed by atoms with van der Waals surface area (Å²) in [5.41, 5.74) is 6.66. The fourth-order valence-corrected chi connectivity index (χ4v) is 17.2. The summed E-state index contributed by atoms with van der Waals surface area (Å²) in [4.78, 5) is 0. The Morgan fingerprint density at radius 1 is 0.850 bits per heavy atom. The minimum absolute atomic E-state index is 0. The van der Waals surface area contributed by atoms with Gasteiger partial charge in [0.15, 0.2) is 0 Å². The molecular formula is C35H44Cl2OSiTi. The Hall–Kier alpha value is -1.55. The van der Waals surface area contributed by atoms with E-state index in [1.54, 1.807) is 22.3 Å². The molecule has 0 spiro atoms. The SMILES string of the molecule is C[CH2][Ti](=[SiH2])([CH2]C)([O]c1ccc2ccccc2c1)[CH]1C2=CC(C)(C)CCC2=C2C1=c1ccccc1=CC2(C)C.Cl.Cl. The van der Waals surface area contributed by atoms with Crippen molar-refractivity contribution in [2.45, 2.75) is 68.1 Å². The van der Waals surface area contributed by atoms with Crippen molar-refractivity contribution >= 4 is 54.9 Å². The van der Waals surface area contributed by atoms with Crippen molar-refractivity contribution in [2.75, 3.05) is 0 Å². The number of fused-ring (bicyclic) bond motifs is 4. The van der Waals surface area contributed by atoms with Crippen molar-refractivity contribution in [1.82, 2.24) is 0 Å². The molecule has 0 radical (unpaired) electrons. The Kier molecular flexibility index (Phi) is 8.33. The number of allylic oxidation sites excluding steroid dienone is 4. The molecule has 1 unspecified atom stereocenters. The van der Waals surface area contributed by atoms with Gasteiger partial charge in [-0.2, -0.15) is 0 Å². The second kappa shape index (κ2) is 10.6. The van der Waals surface area contributed by atoms with Gasteiger partial charge in [0.1, 0.15) is 0 Å². The first kappa shape index (κ1) is 31.4. The molecule has 1 nitrogen and oxygen atoms in total. The Labute approximate surface area is 255 Å². The normalized spacial score (nSPS) is 20.7. The van der Waals surface area contributed by atoms with Crippen LogP contribution in [0.1, 0.15) is 54.4 Å². The quantitative estimate of drug-likeness (QED) is 0.258. The Balaban J connectivity index is 0.00000185. The number of halogens is 2. The van der Waals surface area contributed by atoms with Gasteiger partial charge in [0.2, 0.25) is 0 Å². The average Bonchev–Trinajstić information content (AvgIpc) is 3.24. The Morgan fingerprint density at radius 3 is 2.20 bits per heavy atom. The molecule has 6 rings (SSSR count). The van der Waals surface area contributed by atoms with E-state index < -0.39 is 14.4 Å². The maximum Gasteiger partial charge on any atom is -0.147 e. The van der Waals surface area contributed by atoms with Crippen LogP contribution in [-0.4, -0.2) is 7.63 Å². The summed E-state index contributed by atoms with van der Waals surface area (Å²) < 4.78 is 10.2. The molecule has 212 valence electrons. The van der Waals surface area contributed by atoms with E-state index in [1.807, 2.05) is 0 Å². The van der Waals surface area contributed by atoms with Gasteiger partial charge in [0, 0.05) is 0 Å². The minimum Gasteiger partial charge on any atom is -0.147 e. The number of rotatable bonds is 5. The van der Waals surface area contributed by atoms with Gasteiger partial charge >= 0.3 is 232 Å². The number of benzene rings is 3. The van der Waals surface area contributed by atoms with Gasteiger partial charge in [-0.1, -0.05) is 0 Å². The molecule has 0 saturated carbocycles. The van der Waals surface area contributed by atoms with Crippen LogP contribution in [0.2, 0.25) is 13.7 Å². The van der Waals surface area contributed by atoms with Gasteiger partial charge < -0.3 is 0 Å². The van der Waals surface area contributed by atoms with Crippen LogP contribution in [0.3, 0.4) is 0 Å². The fraction of sp³-hybridized carbons (Fsp3) is 0.371. The van der Waals surface area contributed by atoms with Gasteiger partial charge in [-0.25, -0.2) is 0 Å². The van der Waals surface area contributed by atoms with Gasteiger partial charge in [-0.05, 0) is 0 Å². The zero-order valence-corrected chi connectivity index (χ0v) is 29.5. The summed E-state index contributed by atoms with van der Waals surface area (Å²) >= 11 is -3.73. The summed E-state index contributed by atoms with van der Waals surface area (Å²) in [6.07, 6.45) is 7.57.